The SMILES string of the molecule is CCCCCNc1nc(N)c(C(=N)C2(c3ccccc3)CC2)c(=O)[nH]1. The topological polar surface area (TPSA) is 108 Å². The van der Waals surface area contributed by atoms with Crippen LogP contribution >= 0.6 is 0 Å². The van der Waals surface area contributed by atoms with Crippen LogP contribution in [-0.4, -0.2) is 22.2 Å². The Bertz CT molecular complexity index is 808. The fourth-order valence-corrected chi connectivity index (χ4v) is 3.20. The molecular weight excluding hydrogens is 314 g/mol. The number of rotatable bonds is 8. The highest BCUT2D eigenvalue weighted by Crippen LogP contribution is 2.50. The first kappa shape index (κ1) is 17.2. The van der Waals surface area contributed by atoms with Crippen LogP contribution in [0, 0.1) is 5.41 Å². The number of nitrogens with zero attached hydrogens (tertiary/aromatic N) is 1. The molecule has 2 aromatic rings. The third-order valence-electron chi connectivity index (χ3n) is 4.83. The lowest BCUT2D eigenvalue weighted by molar-refractivity contribution is 0.740. The number of aromatic nitrogens is 2. The minimum Gasteiger partial charge on any atom is -0.383 e. The van der Waals surface area contributed by atoms with Crippen molar-refractivity contribution in [2.75, 3.05) is 17.6 Å². The Morgan fingerprint density at radius 2 is 2.04 bits per heavy atom. The molecule has 1 saturated carbocycles. The van der Waals surface area contributed by atoms with Crippen LogP contribution in [0.2, 0.25) is 0 Å². The number of nitrogens with two attached hydrogens (primary N) is 1. The summed E-state index contributed by atoms with van der Waals surface area (Å²) in [7, 11) is 0. The molecule has 1 aliphatic rings. The maximum absolute atomic E-state index is 12.5. The van der Waals surface area contributed by atoms with Crippen LogP contribution in [0.15, 0.2) is 35.1 Å². The number of nitrogens with one attached hydrogen (secondary N) is 3. The van der Waals surface area contributed by atoms with E-state index in [0.29, 0.717) is 5.95 Å². The molecule has 0 radical (unpaired) electrons. The second kappa shape index (κ2) is 7.09. The van der Waals surface area contributed by atoms with Crippen molar-refractivity contribution >= 4 is 17.5 Å². The van der Waals surface area contributed by atoms with Crippen molar-refractivity contribution in [3.05, 3.63) is 51.8 Å². The van der Waals surface area contributed by atoms with Gasteiger partial charge < -0.3 is 16.5 Å². The van der Waals surface area contributed by atoms with Gasteiger partial charge in [0.2, 0.25) is 5.95 Å². The number of H-pyrrole nitrogens is 1. The summed E-state index contributed by atoms with van der Waals surface area (Å²) >= 11 is 0. The van der Waals surface area contributed by atoms with Crippen molar-refractivity contribution in [3.8, 4) is 0 Å². The van der Waals surface area contributed by atoms with Gasteiger partial charge in [-0.2, -0.15) is 4.98 Å². The van der Waals surface area contributed by atoms with Crippen molar-refractivity contribution < 1.29 is 0 Å². The maximum atomic E-state index is 12.5. The van der Waals surface area contributed by atoms with E-state index >= 15 is 0 Å². The molecule has 1 aliphatic carbocycles. The minimum absolute atomic E-state index is 0.119. The fraction of sp³-hybridized carbons (Fsp3) is 0.421. The smallest absolute Gasteiger partial charge is 0.263 e. The Balaban J connectivity index is 1.83. The molecule has 0 saturated heterocycles. The summed E-state index contributed by atoms with van der Waals surface area (Å²) < 4.78 is 0. The maximum Gasteiger partial charge on any atom is 0.263 e. The minimum atomic E-state index is -0.403. The molecule has 1 fully saturated rings. The van der Waals surface area contributed by atoms with Crippen LogP contribution in [-0.2, 0) is 5.41 Å². The molecule has 132 valence electrons. The monoisotopic (exact) mass is 339 g/mol. The Morgan fingerprint density at radius 1 is 1.32 bits per heavy atom. The first-order chi connectivity index (χ1) is 12.1. The number of aromatic amines is 1. The van der Waals surface area contributed by atoms with Gasteiger partial charge in [0.05, 0.1) is 5.71 Å². The van der Waals surface area contributed by atoms with Crippen molar-refractivity contribution in [2.24, 2.45) is 0 Å². The predicted molar refractivity (Wildman–Crippen MR) is 101 cm³/mol. The van der Waals surface area contributed by atoms with Crippen LogP contribution < -0.4 is 16.6 Å². The van der Waals surface area contributed by atoms with Gasteiger partial charge in [0, 0.05) is 12.0 Å². The van der Waals surface area contributed by atoms with Gasteiger partial charge in [-0.3, -0.25) is 9.78 Å². The summed E-state index contributed by atoms with van der Waals surface area (Å²) in [6, 6.07) is 9.87. The summed E-state index contributed by atoms with van der Waals surface area (Å²) in [6.45, 7) is 2.87. The van der Waals surface area contributed by atoms with Crippen LogP contribution in [0.4, 0.5) is 11.8 Å². The highest BCUT2D eigenvalue weighted by Gasteiger charge is 2.49. The molecule has 6 heteroatoms. The van der Waals surface area contributed by atoms with E-state index < -0.39 is 5.41 Å². The average molecular weight is 339 g/mol. The lowest BCUT2D eigenvalue weighted by Gasteiger charge is -2.18. The number of hydrogen-bond acceptors (Lipinski definition) is 5. The van der Waals surface area contributed by atoms with E-state index in [0.717, 1.165) is 44.2 Å². The number of hydrogen-bond donors (Lipinski definition) is 4. The molecule has 1 aromatic heterocycles. The van der Waals surface area contributed by atoms with Crippen molar-refractivity contribution in [2.45, 2.75) is 44.4 Å². The standard InChI is InChI=1S/C19H25N5O/c1-2-3-7-12-22-18-23-16(21)14(17(25)24-18)15(20)19(10-11-19)13-8-5-4-6-9-13/h4-6,8-9,20H,2-3,7,10-12H2,1H3,(H4,21,22,23,24,25). The number of nitrogen functional groups attached to an aromatic ring is 1. The zero-order chi connectivity index (χ0) is 17.9. The number of unbranched alkanes of at least 4 members (excludes halogenated alkanes) is 2. The Hall–Kier alpha value is -2.63. The average Bonchev–Trinajstić information content (AvgIpc) is 3.41. The Kier molecular flexibility index (Phi) is 4.88. The van der Waals surface area contributed by atoms with Crippen molar-refractivity contribution in [1.29, 1.82) is 5.41 Å². The van der Waals surface area contributed by atoms with Gasteiger partial charge in [-0.25, -0.2) is 0 Å². The highest BCUT2D eigenvalue weighted by atomic mass is 16.1. The van der Waals surface area contributed by atoms with Gasteiger partial charge in [-0.05, 0) is 24.8 Å². The molecule has 25 heavy (non-hydrogen) atoms. The van der Waals surface area contributed by atoms with Gasteiger partial charge in [0.25, 0.3) is 5.56 Å². The third kappa shape index (κ3) is 3.43. The molecule has 0 atom stereocenters. The largest absolute Gasteiger partial charge is 0.383 e. The van der Waals surface area contributed by atoms with Crippen LogP contribution in [0.25, 0.3) is 0 Å². The van der Waals surface area contributed by atoms with Crippen LogP contribution in [0.5, 0.6) is 0 Å². The van der Waals surface area contributed by atoms with Gasteiger partial charge in [-0.15, -0.1) is 0 Å². The van der Waals surface area contributed by atoms with Crippen LogP contribution in [0.3, 0.4) is 0 Å². The van der Waals surface area contributed by atoms with E-state index in [1.165, 1.54) is 0 Å². The first-order valence-corrected chi connectivity index (χ1v) is 8.87. The van der Waals surface area contributed by atoms with E-state index in [2.05, 4.69) is 22.2 Å². The quantitative estimate of drug-likeness (QED) is 0.438. The van der Waals surface area contributed by atoms with Gasteiger partial charge in [0.1, 0.15) is 11.4 Å². The fourth-order valence-electron chi connectivity index (χ4n) is 3.20. The first-order valence-electron chi connectivity index (χ1n) is 8.87. The number of anilines is 2. The predicted octanol–water partition coefficient (Wildman–Crippen LogP) is 3.05. The molecule has 1 aromatic carbocycles. The Morgan fingerprint density at radius 3 is 2.64 bits per heavy atom. The molecule has 3 rings (SSSR count). The summed E-state index contributed by atoms with van der Waals surface area (Å²) in [5.41, 5.74) is 6.81. The number of benzene rings is 1. The molecule has 0 spiro atoms. The zero-order valence-electron chi connectivity index (χ0n) is 14.6. The summed E-state index contributed by atoms with van der Waals surface area (Å²) in [4.78, 5) is 19.5. The molecule has 0 bridgehead atoms. The second-order valence-corrected chi connectivity index (χ2v) is 6.63. The molecule has 6 nitrogen and oxygen atoms in total. The normalized spacial score (nSPS) is 14.9. The second-order valence-electron chi connectivity index (χ2n) is 6.63. The zero-order valence-corrected chi connectivity index (χ0v) is 14.6. The molecule has 0 aliphatic heterocycles. The lowest BCUT2D eigenvalue weighted by atomic mass is 9.87. The Labute approximate surface area is 147 Å². The molecule has 5 N–H and O–H groups in total. The van der Waals surface area contributed by atoms with Gasteiger partial charge >= 0.3 is 0 Å². The van der Waals surface area contributed by atoms with E-state index in [1.54, 1.807) is 0 Å². The lowest BCUT2D eigenvalue weighted by Crippen LogP contribution is -2.30. The van der Waals surface area contributed by atoms with Crippen molar-refractivity contribution in [3.63, 3.8) is 0 Å². The molecule has 0 amide bonds. The third-order valence-corrected chi connectivity index (χ3v) is 4.83. The van der Waals surface area contributed by atoms with E-state index in [4.69, 9.17) is 11.1 Å². The van der Waals surface area contributed by atoms with Gasteiger partial charge in [0.15, 0.2) is 0 Å². The summed E-state index contributed by atoms with van der Waals surface area (Å²) in [5.74, 6) is 0.494. The summed E-state index contributed by atoms with van der Waals surface area (Å²) in [5, 5.41) is 11.7. The van der Waals surface area contributed by atoms with Gasteiger partial charge in [-0.1, -0.05) is 50.1 Å². The molecular formula is C19H25N5O. The van der Waals surface area contributed by atoms with Crippen LogP contribution in [0.1, 0.15) is 50.2 Å². The van der Waals surface area contributed by atoms with E-state index in [1.807, 2.05) is 30.3 Å². The molecule has 1 heterocycles. The molecule has 0 unspecified atom stereocenters. The van der Waals surface area contributed by atoms with E-state index in [9.17, 15) is 4.79 Å². The highest BCUT2D eigenvalue weighted by molar-refractivity contribution is 6.10. The summed E-state index contributed by atoms with van der Waals surface area (Å²) in [6.07, 6.45) is 4.97. The van der Waals surface area contributed by atoms with E-state index in [-0.39, 0.29) is 22.7 Å². The van der Waals surface area contributed by atoms with Crippen molar-refractivity contribution in [1.82, 2.24) is 9.97 Å².